The minimum atomic E-state index is 0.247. The lowest BCUT2D eigenvalue weighted by molar-refractivity contribution is 0.0169. The number of methoxy groups -OCH3 is 1. The number of morpholine rings is 1. The van der Waals surface area contributed by atoms with Gasteiger partial charge in [0.25, 0.3) is 0 Å². The molecule has 2 aliphatic rings. The van der Waals surface area contributed by atoms with Crippen LogP contribution in [0.4, 0.5) is 5.82 Å². The fourth-order valence-electron chi connectivity index (χ4n) is 4.38. The number of anilines is 1. The highest BCUT2D eigenvalue weighted by Gasteiger charge is 2.25. The van der Waals surface area contributed by atoms with E-state index in [-0.39, 0.29) is 6.04 Å². The lowest BCUT2D eigenvalue weighted by Crippen LogP contribution is -2.54. The molecule has 0 radical (unpaired) electrons. The highest BCUT2D eigenvalue weighted by Crippen LogP contribution is 2.24. The summed E-state index contributed by atoms with van der Waals surface area (Å²) in [5, 5.41) is 3.65. The van der Waals surface area contributed by atoms with Crippen molar-refractivity contribution in [2.45, 2.75) is 6.04 Å². The summed E-state index contributed by atoms with van der Waals surface area (Å²) in [5.41, 5.74) is 1.27. The summed E-state index contributed by atoms with van der Waals surface area (Å²) in [6.07, 6.45) is 1.85. The number of hydrogen-bond donors (Lipinski definition) is 1. The van der Waals surface area contributed by atoms with E-state index in [4.69, 9.17) is 9.47 Å². The maximum atomic E-state index is 5.59. The van der Waals surface area contributed by atoms with Gasteiger partial charge in [-0.3, -0.25) is 9.89 Å². The molecule has 3 heterocycles. The Morgan fingerprint density at radius 3 is 2.44 bits per heavy atom. The Kier molecular flexibility index (Phi) is 7.79. The van der Waals surface area contributed by atoms with Crippen LogP contribution in [0.5, 0.6) is 5.75 Å². The Labute approximate surface area is 190 Å². The van der Waals surface area contributed by atoms with E-state index < -0.39 is 0 Å². The smallest absolute Gasteiger partial charge is 0.193 e. The van der Waals surface area contributed by atoms with Gasteiger partial charge in [-0.2, -0.15) is 0 Å². The van der Waals surface area contributed by atoms with Crippen LogP contribution in [0.25, 0.3) is 0 Å². The van der Waals surface area contributed by atoms with E-state index >= 15 is 0 Å². The lowest BCUT2D eigenvalue weighted by atomic mass is 10.0. The molecule has 2 aromatic rings. The van der Waals surface area contributed by atoms with Gasteiger partial charge in [-0.25, -0.2) is 4.98 Å². The zero-order valence-corrected chi connectivity index (χ0v) is 19.1. The zero-order valence-electron chi connectivity index (χ0n) is 19.1. The number of pyridine rings is 1. The van der Waals surface area contributed by atoms with Gasteiger partial charge in [0.2, 0.25) is 0 Å². The molecule has 32 heavy (non-hydrogen) atoms. The summed E-state index contributed by atoms with van der Waals surface area (Å²) in [6.45, 7) is 7.90. The second-order valence-corrected chi connectivity index (χ2v) is 8.03. The van der Waals surface area contributed by atoms with Crippen LogP contribution in [0.3, 0.4) is 0 Å². The topological polar surface area (TPSA) is 65.5 Å². The molecule has 2 aliphatic heterocycles. The van der Waals surface area contributed by atoms with Crippen LogP contribution in [0, 0.1) is 0 Å². The van der Waals surface area contributed by atoms with Gasteiger partial charge in [0.05, 0.1) is 26.4 Å². The van der Waals surface area contributed by atoms with Crippen LogP contribution in [0.1, 0.15) is 11.6 Å². The number of rotatable bonds is 6. The van der Waals surface area contributed by atoms with Crippen molar-refractivity contribution in [1.82, 2.24) is 20.1 Å². The molecule has 0 aliphatic carbocycles. The first-order valence-electron chi connectivity index (χ1n) is 11.4. The van der Waals surface area contributed by atoms with Gasteiger partial charge in [-0.15, -0.1) is 0 Å². The monoisotopic (exact) mass is 438 g/mol. The highest BCUT2D eigenvalue weighted by atomic mass is 16.5. The molecule has 172 valence electrons. The highest BCUT2D eigenvalue weighted by molar-refractivity contribution is 5.80. The molecule has 0 bridgehead atoms. The Morgan fingerprint density at radius 2 is 1.81 bits per heavy atom. The second kappa shape index (κ2) is 11.2. The minimum Gasteiger partial charge on any atom is -0.497 e. The second-order valence-electron chi connectivity index (χ2n) is 8.03. The van der Waals surface area contributed by atoms with E-state index in [0.29, 0.717) is 0 Å². The molecule has 4 rings (SSSR count). The molecule has 2 fully saturated rings. The van der Waals surface area contributed by atoms with Crippen molar-refractivity contribution in [3.8, 4) is 5.75 Å². The minimum absolute atomic E-state index is 0.247. The molecule has 1 N–H and O–H groups in total. The SMILES string of the molecule is CN=C(NCC(c1ccc(OC)cc1)N1CCOCC1)N1CCN(c2ccccn2)CC1. The van der Waals surface area contributed by atoms with Crippen LogP contribution in [0.15, 0.2) is 53.7 Å². The molecule has 1 aromatic carbocycles. The third kappa shape index (κ3) is 5.49. The van der Waals surface area contributed by atoms with Crippen LogP contribution in [-0.2, 0) is 4.74 Å². The standard InChI is InChI=1S/C24H34N6O2/c1-25-24(30-13-11-29(12-14-30)23-5-3-4-10-26-23)27-19-22(28-15-17-32-18-16-28)20-6-8-21(31-2)9-7-20/h3-10,22H,11-19H2,1-2H3,(H,25,27). The number of aromatic nitrogens is 1. The number of nitrogens with zero attached hydrogens (tertiary/aromatic N) is 5. The van der Waals surface area contributed by atoms with Gasteiger partial charge in [0.1, 0.15) is 11.6 Å². The summed E-state index contributed by atoms with van der Waals surface area (Å²) >= 11 is 0. The number of ether oxygens (including phenoxy) is 2. The fourth-order valence-corrected chi connectivity index (χ4v) is 4.38. The largest absolute Gasteiger partial charge is 0.497 e. The van der Waals surface area contributed by atoms with Crippen molar-refractivity contribution >= 4 is 11.8 Å². The normalized spacial score (nSPS) is 19.0. The number of nitrogens with one attached hydrogen (secondary N) is 1. The number of guanidine groups is 1. The van der Waals surface area contributed by atoms with Crippen molar-refractivity contribution in [2.24, 2.45) is 4.99 Å². The lowest BCUT2D eigenvalue weighted by Gasteiger charge is -2.39. The van der Waals surface area contributed by atoms with E-state index in [1.165, 1.54) is 5.56 Å². The Morgan fingerprint density at radius 1 is 1.06 bits per heavy atom. The number of benzene rings is 1. The van der Waals surface area contributed by atoms with E-state index in [9.17, 15) is 0 Å². The Balaban J connectivity index is 1.38. The molecule has 0 saturated carbocycles. The molecular weight excluding hydrogens is 404 g/mol. The van der Waals surface area contributed by atoms with Gasteiger partial charge >= 0.3 is 0 Å². The molecule has 1 unspecified atom stereocenters. The van der Waals surface area contributed by atoms with Gasteiger partial charge in [-0.05, 0) is 29.8 Å². The average molecular weight is 439 g/mol. The first-order valence-corrected chi connectivity index (χ1v) is 11.4. The van der Waals surface area contributed by atoms with Crippen molar-refractivity contribution in [3.05, 3.63) is 54.2 Å². The van der Waals surface area contributed by atoms with Gasteiger partial charge < -0.3 is 24.6 Å². The number of aliphatic imine (C=N–C) groups is 1. The van der Waals surface area contributed by atoms with E-state index in [1.807, 2.05) is 37.5 Å². The number of hydrogen-bond acceptors (Lipinski definition) is 6. The molecule has 1 atom stereocenters. The molecule has 8 nitrogen and oxygen atoms in total. The molecule has 8 heteroatoms. The van der Waals surface area contributed by atoms with Crippen LogP contribution in [0.2, 0.25) is 0 Å². The summed E-state index contributed by atoms with van der Waals surface area (Å²) in [7, 11) is 3.57. The Hall–Kier alpha value is -2.84. The first kappa shape index (κ1) is 22.4. The maximum absolute atomic E-state index is 5.59. The quantitative estimate of drug-likeness (QED) is 0.546. The van der Waals surface area contributed by atoms with Gasteiger partial charge in [-0.1, -0.05) is 18.2 Å². The number of piperazine rings is 1. The van der Waals surface area contributed by atoms with Crippen molar-refractivity contribution < 1.29 is 9.47 Å². The van der Waals surface area contributed by atoms with Crippen molar-refractivity contribution in [3.63, 3.8) is 0 Å². The summed E-state index contributed by atoms with van der Waals surface area (Å²) in [6, 6.07) is 14.7. The van der Waals surface area contributed by atoms with Crippen molar-refractivity contribution in [2.75, 3.05) is 78.1 Å². The van der Waals surface area contributed by atoms with Crippen LogP contribution in [-0.4, -0.2) is 93.9 Å². The molecule has 0 amide bonds. The van der Waals surface area contributed by atoms with E-state index in [2.05, 4.69) is 48.2 Å². The average Bonchev–Trinajstić information content (AvgIpc) is 2.88. The third-order valence-electron chi connectivity index (χ3n) is 6.20. The predicted molar refractivity (Wildman–Crippen MR) is 128 cm³/mol. The fraction of sp³-hybridized carbons (Fsp3) is 0.500. The Bertz CT molecular complexity index is 847. The maximum Gasteiger partial charge on any atom is 0.193 e. The molecular formula is C24H34N6O2. The third-order valence-corrected chi connectivity index (χ3v) is 6.20. The van der Waals surface area contributed by atoms with Crippen LogP contribution >= 0.6 is 0 Å². The van der Waals surface area contributed by atoms with Gasteiger partial charge in [0, 0.05) is 59.1 Å². The van der Waals surface area contributed by atoms with E-state index in [1.54, 1.807) is 7.11 Å². The van der Waals surface area contributed by atoms with Crippen LogP contribution < -0.4 is 15.0 Å². The molecule has 2 saturated heterocycles. The first-order chi connectivity index (χ1) is 15.8. The van der Waals surface area contributed by atoms with Gasteiger partial charge in [0.15, 0.2) is 5.96 Å². The molecule has 0 spiro atoms. The summed E-state index contributed by atoms with van der Waals surface area (Å²) in [5.74, 6) is 2.88. The predicted octanol–water partition coefficient (Wildman–Crippen LogP) is 1.86. The zero-order chi connectivity index (χ0) is 22.2. The molecule has 1 aromatic heterocycles. The summed E-state index contributed by atoms with van der Waals surface area (Å²) < 4.78 is 10.9. The van der Waals surface area contributed by atoms with Crippen molar-refractivity contribution in [1.29, 1.82) is 0 Å². The van der Waals surface area contributed by atoms with E-state index in [0.717, 1.165) is 76.6 Å². The summed E-state index contributed by atoms with van der Waals surface area (Å²) in [4.78, 5) is 16.2.